The van der Waals surface area contributed by atoms with E-state index in [1.165, 1.54) is 6.21 Å². The van der Waals surface area contributed by atoms with Crippen LogP contribution < -0.4 is 0 Å². The fourth-order valence-corrected chi connectivity index (χ4v) is 0.785. The number of hydrogen-bond donors (Lipinski definition) is 2. The zero-order valence-corrected chi connectivity index (χ0v) is 6.81. The Labute approximate surface area is 71.0 Å². The van der Waals surface area contributed by atoms with Gasteiger partial charge in [-0.3, -0.25) is 4.99 Å². The third kappa shape index (κ3) is 2.36. The molecule has 0 heterocycles. The maximum atomic E-state index is 9.25. The van der Waals surface area contributed by atoms with Crippen LogP contribution in [0.2, 0.25) is 0 Å². The molecule has 0 aromatic heterocycles. The quantitative estimate of drug-likeness (QED) is 0.646. The molecule has 0 saturated heterocycles. The topological polar surface area (TPSA) is 52.8 Å². The summed E-state index contributed by atoms with van der Waals surface area (Å²) >= 11 is 0. The fraction of sp³-hybridized carbons (Fsp3) is 0.222. The van der Waals surface area contributed by atoms with E-state index < -0.39 is 6.23 Å². The minimum Gasteiger partial charge on any atom is -0.507 e. The van der Waals surface area contributed by atoms with Crippen LogP contribution in [0.4, 0.5) is 0 Å². The summed E-state index contributed by atoms with van der Waals surface area (Å²) in [7, 11) is 0. The lowest BCUT2D eigenvalue weighted by molar-refractivity contribution is 0.206. The van der Waals surface area contributed by atoms with E-state index in [1.54, 1.807) is 31.2 Å². The van der Waals surface area contributed by atoms with Gasteiger partial charge >= 0.3 is 0 Å². The Morgan fingerprint density at radius 2 is 2.08 bits per heavy atom. The normalized spacial score (nSPS) is 13.5. The Kier molecular flexibility index (Phi) is 2.82. The van der Waals surface area contributed by atoms with Crippen LogP contribution in [0.25, 0.3) is 0 Å². The number of phenols is 1. The van der Waals surface area contributed by atoms with Crippen LogP contribution in [0.15, 0.2) is 29.3 Å². The Morgan fingerprint density at radius 1 is 1.42 bits per heavy atom. The molecule has 1 aromatic carbocycles. The number of benzene rings is 1. The molecule has 1 atom stereocenters. The number of aromatic hydroxyl groups is 1. The molecule has 0 fully saturated rings. The van der Waals surface area contributed by atoms with Crippen molar-refractivity contribution in [1.29, 1.82) is 0 Å². The van der Waals surface area contributed by atoms with Gasteiger partial charge in [-0.25, -0.2) is 0 Å². The van der Waals surface area contributed by atoms with E-state index in [0.717, 1.165) is 0 Å². The van der Waals surface area contributed by atoms with Gasteiger partial charge < -0.3 is 10.2 Å². The van der Waals surface area contributed by atoms with Crippen LogP contribution in [0.3, 0.4) is 0 Å². The van der Waals surface area contributed by atoms with Gasteiger partial charge in [0.2, 0.25) is 0 Å². The van der Waals surface area contributed by atoms with Crippen LogP contribution >= 0.6 is 0 Å². The summed E-state index contributed by atoms with van der Waals surface area (Å²) in [5.74, 6) is 0.168. The van der Waals surface area contributed by atoms with Crippen molar-refractivity contribution in [3.8, 4) is 5.75 Å². The first-order chi connectivity index (χ1) is 5.70. The summed E-state index contributed by atoms with van der Waals surface area (Å²) in [6.45, 7) is 1.55. The lowest BCUT2D eigenvalue weighted by atomic mass is 10.2. The van der Waals surface area contributed by atoms with Crippen LogP contribution in [0.5, 0.6) is 5.75 Å². The van der Waals surface area contributed by atoms with E-state index >= 15 is 0 Å². The van der Waals surface area contributed by atoms with E-state index in [0.29, 0.717) is 5.56 Å². The molecule has 1 aromatic rings. The summed E-state index contributed by atoms with van der Waals surface area (Å²) in [6.07, 6.45) is 0.713. The van der Waals surface area contributed by atoms with Crippen molar-refractivity contribution in [3.05, 3.63) is 29.8 Å². The highest BCUT2D eigenvalue weighted by Gasteiger charge is 1.94. The first-order valence-electron chi connectivity index (χ1n) is 3.69. The summed E-state index contributed by atoms with van der Waals surface area (Å²) in [4.78, 5) is 3.73. The lowest BCUT2D eigenvalue weighted by Crippen LogP contribution is -1.94. The second-order valence-corrected chi connectivity index (χ2v) is 2.47. The molecule has 0 spiro atoms. The molecule has 12 heavy (non-hydrogen) atoms. The zero-order valence-electron chi connectivity index (χ0n) is 6.81. The van der Waals surface area contributed by atoms with Crippen molar-refractivity contribution in [1.82, 2.24) is 0 Å². The molecule has 0 saturated carbocycles. The van der Waals surface area contributed by atoms with Gasteiger partial charge in [-0.1, -0.05) is 12.1 Å². The second-order valence-electron chi connectivity index (χ2n) is 2.47. The third-order valence-electron chi connectivity index (χ3n) is 1.37. The Hall–Kier alpha value is -1.35. The SMILES string of the molecule is CC(O)/N=C/c1ccccc1O. The zero-order chi connectivity index (χ0) is 8.97. The van der Waals surface area contributed by atoms with Gasteiger partial charge in [0, 0.05) is 11.8 Å². The molecule has 1 unspecified atom stereocenters. The van der Waals surface area contributed by atoms with Gasteiger partial charge in [0.05, 0.1) is 0 Å². The average molecular weight is 165 g/mol. The Morgan fingerprint density at radius 3 is 2.67 bits per heavy atom. The number of aliphatic imine (C=N–C) groups is 1. The molecule has 0 aliphatic rings. The van der Waals surface area contributed by atoms with Gasteiger partial charge in [0.25, 0.3) is 0 Å². The highest BCUT2D eigenvalue weighted by atomic mass is 16.3. The molecule has 0 radical (unpaired) electrons. The van der Waals surface area contributed by atoms with Crippen molar-refractivity contribution in [2.24, 2.45) is 4.99 Å². The number of nitrogens with zero attached hydrogens (tertiary/aromatic N) is 1. The van der Waals surface area contributed by atoms with Crippen LogP contribution in [-0.2, 0) is 0 Å². The number of aliphatic hydroxyl groups excluding tert-OH is 1. The first-order valence-corrected chi connectivity index (χ1v) is 3.69. The Bertz CT molecular complexity index is 282. The maximum Gasteiger partial charge on any atom is 0.142 e. The van der Waals surface area contributed by atoms with E-state index in [-0.39, 0.29) is 5.75 Å². The molecule has 0 aliphatic heterocycles. The van der Waals surface area contributed by atoms with Gasteiger partial charge in [-0.15, -0.1) is 0 Å². The summed E-state index contributed by atoms with van der Waals surface area (Å²) in [5.41, 5.74) is 0.610. The molecule has 0 amide bonds. The van der Waals surface area contributed by atoms with Gasteiger partial charge in [-0.2, -0.15) is 0 Å². The van der Waals surface area contributed by atoms with Gasteiger partial charge in [0.1, 0.15) is 12.0 Å². The summed E-state index contributed by atoms with van der Waals surface area (Å²) in [5, 5.41) is 18.1. The van der Waals surface area contributed by atoms with E-state index in [4.69, 9.17) is 5.11 Å². The van der Waals surface area contributed by atoms with Gasteiger partial charge in [0.15, 0.2) is 0 Å². The van der Waals surface area contributed by atoms with E-state index in [9.17, 15) is 5.11 Å². The van der Waals surface area contributed by atoms with Crippen LogP contribution in [0.1, 0.15) is 12.5 Å². The molecule has 1 rings (SSSR count). The number of rotatable bonds is 2. The highest BCUT2D eigenvalue weighted by molar-refractivity contribution is 5.83. The number of hydrogen-bond acceptors (Lipinski definition) is 3. The molecule has 3 nitrogen and oxygen atoms in total. The number of para-hydroxylation sites is 1. The summed E-state index contributed by atoms with van der Waals surface area (Å²) in [6, 6.07) is 6.82. The largest absolute Gasteiger partial charge is 0.507 e. The van der Waals surface area contributed by atoms with Crippen molar-refractivity contribution < 1.29 is 10.2 Å². The van der Waals surface area contributed by atoms with Crippen molar-refractivity contribution in [2.45, 2.75) is 13.2 Å². The average Bonchev–Trinajstić information content (AvgIpc) is 2.03. The molecular weight excluding hydrogens is 154 g/mol. The number of phenolic OH excluding ortho intramolecular Hbond substituents is 1. The molecule has 64 valence electrons. The highest BCUT2D eigenvalue weighted by Crippen LogP contribution is 2.12. The maximum absolute atomic E-state index is 9.25. The monoisotopic (exact) mass is 165 g/mol. The predicted molar refractivity (Wildman–Crippen MR) is 47.4 cm³/mol. The Balaban J connectivity index is 2.82. The number of aliphatic hydroxyl groups is 1. The smallest absolute Gasteiger partial charge is 0.142 e. The second kappa shape index (κ2) is 3.88. The van der Waals surface area contributed by atoms with Crippen LogP contribution in [-0.4, -0.2) is 22.7 Å². The molecule has 0 bridgehead atoms. The summed E-state index contributed by atoms with van der Waals surface area (Å²) < 4.78 is 0. The van der Waals surface area contributed by atoms with Crippen LogP contribution in [0, 0.1) is 0 Å². The molecule has 3 heteroatoms. The van der Waals surface area contributed by atoms with Crippen molar-refractivity contribution >= 4 is 6.21 Å². The first kappa shape index (κ1) is 8.74. The fourth-order valence-electron chi connectivity index (χ4n) is 0.785. The third-order valence-corrected chi connectivity index (χ3v) is 1.37. The van der Waals surface area contributed by atoms with Crippen molar-refractivity contribution in [3.63, 3.8) is 0 Å². The van der Waals surface area contributed by atoms with Gasteiger partial charge in [-0.05, 0) is 19.1 Å². The minimum absolute atomic E-state index is 0.168. The lowest BCUT2D eigenvalue weighted by Gasteiger charge is -1.97. The standard InChI is InChI=1S/C9H11NO2/c1-7(11)10-6-8-4-2-3-5-9(8)12/h2-7,11-12H,1H3/b10-6+. The molecule has 0 aliphatic carbocycles. The molecular formula is C9H11NO2. The van der Waals surface area contributed by atoms with E-state index in [2.05, 4.69) is 4.99 Å². The molecule has 2 N–H and O–H groups in total. The van der Waals surface area contributed by atoms with Crippen molar-refractivity contribution in [2.75, 3.05) is 0 Å². The predicted octanol–water partition coefficient (Wildman–Crippen LogP) is 1.15. The van der Waals surface area contributed by atoms with E-state index in [1.807, 2.05) is 0 Å². The minimum atomic E-state index is -0.732.